The van der Waals surface area contributed by atoms with Gasteiger partial charge < -0.3 is 0 Å². The monoisotopic (exact) mass is 487 g/mol. The van der Waals surface area contributed by atoms with Gasteiger partial charge in [-0.3, -0.25) is 14.6 Å². The SMILES string of the molecule is CN1C(=O)C2C(=NC3=[N+]2CC(c2ccc(F)cc2)=NN3Cc2ccc(Cl)cc2Cl)N(C)C1=O. The average molecular weight is 488 g/mol. The summed E-state index contributed by atoms with van der Waals surface area (Å²) >= 11 is 12.4. The summed E-state index contributed by atoms with van der Waals surface area (Å²) in [4.78, 5) is 32.6. The Morgan fingerprint density at radius 3 is 2.52 bits per heavy atom. The minimum absolute atomic E-state index is 0.248. The average Bonchev–Trinajstić information content (AvgIpc) is 3.18. The molecule has 1 atom stereocenters. The van der Waals surface area contributed by atoms with Crippen LogP contribution in [0.4, 0.5) is 9.18 Å². The van der Waals surface area contributed by atoms with Gasteiger partial charge in [0.2, 0.25) is 11.9 Å². The van der Waals surface area contributed by atoms with Crippen LogP contribution in [-0.4, -0.2) is 75.5 Å². The van der Waals surface area contributed by atoms with E-state index >= 15 is 0 Å². The van der Waals surface area contributed by atoms with E-state index in [-0.39, 0.29) is 24.8 Å². The van der Waals surface area contributed by atoms with Crippen LogP contribution in [0.2, 0.25) is 10.0 Å². The molecule has 0 spiro atoms. The number of benzene rings is 2. The molecule has 0 saturated carbocycles. The maximum absolute atomic E-state index is 13.5. The standard InChI is InChI=1S/C22H18Cl2FN6O2/c1-28-19-18(20(32)29(2)22(28)33)30-11-17(12-4-7-15(25)8-5-12)27-31(21(30)26-19)10-13-3-6-14(23)9-16(13)24/h3-9,18H,10-11H2,1-2H3/q+1. The molecule has 1 fully saturated rings. The Balaban J connectivity index is 1.60. The summed E-state index contributed by atoms with van der Waals surface area (Å²) in [6, 6.07) is 9.91. The molecule has 3 aliphatic rings. The molecule has 1 unspecified atom stereocenters. The van der Waals surface area contributed by atoms with Crippen molar-refractivity contribution >= 4 is 52.6 Å². The minimum atomic E-state index is -0.776. The van der Waals surface area contributed by atoms with E-state index in [0.29, 0.717) is 33.1 Å². The van der Waals surface area contributed by atoms with E-state index in [1.807, 2.05) is 0 Å². The Morgan fingerprint density at radius 1 is 1.09 bits per heavy atom. The first kappa shape index (κ1) is 21.5. The third kappa shape index (κ3) is 3.57. The molecule has 5 rings (SSSR count). The van der Waals surface area contributed by atoms with E-state index in [2.05, 4.69) is 4.99 Å². The van der Waals surface area contributed by atoms with Crippen molar-refractivity contribution in [3.63, 3.8) is 0 Å². The largest absolute Gasteiger partial charge is 0.417 e. The smallest absolute Gasteiger partial charge is 0.270 e. The summed E-state index contributed by atoms with van der Waals surface area (Å²) < 4.78 is 15.3. The van der Waals surface area contributed by atoms with Gasteiger partial charge in [-0.15, -0.1) is 10.1 Å². The van der Waals surface area contributed by atoms with Crippen LogP contribution in [0.25, 0.3) is 0 Å². The number of guanidine groups is 1. The fourth-order valence-corrected chi connectivity index (χ4v) is 4.51. The molecule has 0 radical (unpaired) electrons. The molecule has 2 aromatic rings. The van der Waals surface area contributed by atoms with Gasteiger partial charge in [0, 0.05) is 35.3 Å². The van der Waals surface area contributed by atoms with Crippen molar-refractivity contribution in [3.8, 4) is 0 Å². The molecule has 11 heteroatoms. The first-order valence-corrected chi connectivity index (χ1v) is 10.8. The first-order valence-electron chi connectivity index (χ1n) is 10.1. The zero-order chi connectivity index (χ0) is 23.4. The number of fused-ring (bicyclic) bond motifs is 2. The highest BCUT2D eigenvalue weighted by molar-refractivity contribution is 6.35. The number of hydrogen-bond donors (Lipinski definition) is 0. The Labute approximate surface area is 198 Å². The quantitative estimate of drug-likeness (QED) is 0.624. The van der Waals surface area contributed by atoms with Gasteiger partial charge in [0.15, 0.2) is 0 Å². The predicted molar refractivity (Wildman–Crippen MR) is 122 cm³/mol. The van der Waals surface area contributed by atoms with Crippen LogP contribution in [0.3, 0.4) is 0 Å². The highest BCUT2D eigenvalue weighted by Crippen LogP contribution is 2.27. The molecule has 3 aliphatic heterocycles. The van der Waals surface area contributed by atoms with E-state index in [1.165, 1.54) is 24.1 Å². The predicted octanol–water partition coefficient (Wildman–Crippen LogP) is 3.03. The van der Waals surface area contributed by atoms with E-state index in [0.717, 1.165) is 10.5 Å². The van der Waals surface area contributed by atoms with Crippen LogP contribution in [0, 0.1) is 5.82 Å². The number of imide groups is 1. The number of amides is 3. The van der Waals surface area contributed by atoms with Crippen LogP contribution >= 0.6 is 23.2 Å². The second-order valence-corrected chi connectivity index (χ2v) is 8.73. The summed E-state index contributed by atoms with van der Waals surface area (Å²) in [5.74, 6) is 0.0240. The highest BCUT2D eigenvalue weighted by Gasteiger charge is 2.54. The number of urea groups is 1. The molecule has 3 heterocycles. The Hall–Kier alpha value is -3.30. The number of carbonyl (C=O) groups excluding carboxylic acids is 2. The third-order valence-corrected chi connectivity index (χ3v) is 6.40. The van der Waals surface area contributed by atoms with E-state index in [4.69, 9.17) is 28.3 Å². The maximum atomic E-state index is 13.5. The summed E-state index contributed by atoms with van der Waals surface area (Å²) in [5, 5.41) is 7.35. The van der Waals surface area contributed by atoms with Gasteiger partial charge in [-0.05, 0) is 24.3 Å². The zero-order valence-electron chi connectivity index (χ0n) is 17.7. The van der Waals surface area contributed by atoms with Crippen LogP contribution in [-0.2, 0) is 11.3 Å². The fraction of sp³-hybridized carbons (Fsp3) is 0.227. The van der Waals surface area contributed by atoms with Crippen molar-refractivity contribution in [2.75, 3.05) is 20.6 Å². The molecule has 168 valence electrons. The second-order valence-electron chi connectivity index (χ2n) is 7.89. The number of amidine groups is 1. The highest BCUT2D eigenvalue weighted by atomic mass is 35.5. The van der Waals surface area contributed by atoms with E-state index in [1.54, 1.807) is 47.0 Å². The number of carbonyl (C=O) groups is 2. The van der Waals surface area contributed by atoms with Gasteiger partial charge >= 0.3 is 12.0 Å². The number of likely N-dealkylation sites (N-methyl/N-ethyl adjacent to an activating group) is 2. The number of halogens is 3. The van der Waals surface area contributed by atoms with Crippen molar-refractivity contribution in [1.29, 1.82) is 0 Å². The lowest BCUT2D eigenvalue weighted by Crippen LogP contribution is -2.62. The van der Waals surface area contributed by atoms with Gasteiger partial charge in [-0.2, -0.15) is 0 Å². The Morgan fingerprint density at radius 2 is 1.82 bits per heavy atom. The Kier molecular flexibility index (Phi) is 5.18. The summed E-state index contributed by atoms with van der Waals surface area (Å²) in [6.07, 6.45) is 0. The van der Waals surface area contributed by atoms with Gasteiger partial charge in [0.1, 0.15) is 24.6 Å². The normalized spacial score (nSPS) is 20.2. The van der Waals surface area contributed by atoms with E-state index in [9.17, 15) is 14.0 Å². The molecule has 2 aromatic carbocycles. The van der Waals surface area contributed by atoms with Gasteiger partial charge in [-0.1, -0.05) is 46.4 Å². The number of hydrazone groups is 1. The molecule has 3 amide bonds. The molecule has 0 bridgehead atoms. The first-order chi connectivity index (χ1) is 15.7. The summed E-state index contributed by atoms with van der Waals surface area (Å²) in [7, 11) is 3.03. The van der Waals surface area contributed by atoms with Crippen LogP contribution in [0.1, 0.15) is 11.1 Å². The molecular weight excluding hydrogens is 470 g/mol. The maximum Gasteiger partial charge on any atom is 0.417 e. The van der Waals surface area contributed by atoms with Crippen molar-refractivity contribution in [1.82, 2.24) is 14.8 Å². The van der Waals surface area contributed by atoms with Gasteiger partial charge in [0.25, 0.3) is 5.91 Å². The number of aliphatic imine (C=N–C) groups is 1. The molecule has 0 aromatic heterocycles. The number of rotatable bonds is 3. The van der Waals surface area contributed by atoms with Crippen LogP contribution in [0.5, 0.6) is 0 Å². The lowest BCUT2D eigenvalue weighted by molar-refractivity contribution is -0.527. The van der Waals surface area contributed by atoms with Crippen molar-refractivity contribution in [3.05, 3.63) is 69.5 Å². The summed E-state index contributed by atoms with van der Waals surface area (Å²) in [6.45, 7) is 0.503. The lowest BCUT2D eigenvalue weighted by Gasteiger charge is -2.32. The lowest BCUT2D eigenvalue weighted by atomic mass is 10.1. The van der Waals surface area contributed by atoms with E-state index < -0.39 is 12.1 Å². The van der Waals surface area contributed by atoms with Crippen molar-refractivity contribution < 1.29 is 18.6 Å². The van der Waals surface area contributed by atoms with Crippen LogP contribution in [0.15, 0.2) is 52.6 Å². The number of hydrogen-bond acceptors (Lipinski definition) is 5. The molecule has 0 N–H and O–H groups in total. The van der Waals surface area contributed by atoms with Crippen molar-refractivity contribution in [2.24, 2.45) is 10.1 Å². The summed E-state index contributed by atoms with van der Waals surface area (Å²) in [5.41, 5.74) is 2.08. The second kappa shape index (κ2) is 7.93. The Bertz CT molecular complexity index is 1290. The molecule has 0 aliphatic carbocycles. The fourth-order valence-electron chi connectivity index (χ4n) is 4.05. The molecule has 8 nitrogen and oxygen atoms in total. The molecular formula is C22H18Cl2FN6O2+. The zero-order valence-corrected chi connectivity index (χ0v) is 19.2. The van der Waals surface area contributed by atoms with Crippen LogP contribution < -0.4 is 0 Å². The third-order valence-electron chi connectivity index (χ3n) is 5.81. The minimum Gasteiger partial charge on any atom is -0.270 e. The van der Waals surface area contributed by atoms with Crippen molar-refractivity contribution in [2.45, 2.75) is 12.6 Å². The number of nitrogens with zero attached hydrogens (tertiary/aromatic N) is 6. The molecule has 1 saturated heterocycles. The topological polar surface area (TPSA) is 71.6 Å². The van der Waals surface area contributed by atoms with Gasteiger partial charge in [-0.25, -0.2) is 13.8 Å². The molecule has 33 heavy (non-hydrogen) atoms. The van der Waals surface area contributed by atoms with Gasteiger partial charge in [0.05, 0.1) is 0 Å².